The first-order chi connectivity index (χ1) is 9.51. The minimum absolute atomic E-state index is 0.680. The summed E-state index contributed by atoms with van der Waals surface area (Å²) in [6.45, 7) is 5.75. The molecule has 0 aromatic carbocycles. The zero-order chi connectivity index (χ0) is 15.1. The van der Waals surface area contributed by atoms with E-state index in [0.29, 0.717) is 6.54 Å². The second-order valence-electron chi connectivity index (χ2n) is 3.96. The van der Waals surface area contributed by atoms with Crippen LogP contribution in [0.4, 0.5) is 0 Å². The number of nitrogens with zero attached hydrogens (tertiary/aromatic N) is 3. The number of imidazole rings is 2. The van der Waals surface area contributed by atoms with Gasteiger partial charge in [-0.2, -0.15) is 0 Å². The van der Waals surface area contributed by atoms with Crippen LogP contribution in [-0.2, 0) is 19.4 Å². The van der Waals surface area contributed by atoms with E-state index in [1.807, 2.05) is 6.20 Å². The molecule has 2 aromatic heterocycles. The molecule has 0 spiro atoms. The average molecular weight is 613 g/mol. The molecule has 0 aliphatic rings. The van der Waals surface area contributed by atoms with Crippen molar-refractivity contribution < 1.29 is 0 Å². The fourth-order valence-corrected chi connectivity index (χ4v) is 3.05. The van der Waals surface area contributed by atoms with Crippen LogP contribution in [0.25, 0.3) is 0 Å². The van der Waals surface area contributed by atoms with Gasteiger partial charge in [-0.05, 0) is 67.8 Å². The Balaban J connectivity index is 0.000000204. The molecule has 5 nitrogen and oxygen atoms in total. The van der Waals surface area contributed by atoms with Crippen molar-refractivity contribution in [1.82, 2.24) is 19.5 Å². The SMILES string of the molecule is CCc1nc(I)c(I)[nH]1.CCc1nc(I)cn1CCN. The molecule has 0 radical (unpaired) electrons. The van der Waals surface area contributed by atoms with Crippen molar-refractivity contribution in [2.24, 2.45) is 5.73 Å². The molecule has 0 atom stereocenters. The molecule has 0 bridgehead atoms. The van der Waals surface area contributed by atoms with E-state index in [1.54, 1.807) is 0 Å². The summed E-state index contributed by atoms with van der Waals surface area (Å²) >= 11 is 6.68. The van der Waals surface area contributed by atoms with Gasteiger partial charge in [0, 0.05) is 32.1 Å². The van der Waals surface area contributed by atoms with Gasteiger partial charge in [-0.25, -0.2) is 9.97 Å². The molecule has 0 aliphatic carbocycles. The number of nitrogens with one attached hydrogen (secondary N) is 1. The van der Waals surface area contributed by atoms with Gasteiger partial charge in [0.15, 0.2) is 0 Å². The molecule has 112 valence electrons. The highest BCUT2D eigenvalue weighted by atomic mass is 127. The van der Waals surface area contributed by atoms with Crippen LogP contribution in [0.5, 0.6) is 0 Å². The third kappa shape index (κ3) is 5.75. The smallest absolute Gasteiger partial charge is 0.133 e. The predicted molar refractivity (Wildman–Crippen MR) is 107 cm³/mol. The van der Waals surface area contributed by atoms with Crippen LogP contribution in [0, 0.1) is 11.1 Å². The number of rotatable bonds is 4. The lowest BCUT2D eigenvalue weighted by atomic mass is 10.4. The van der Waals surface area contributed by atoms with Crippen LogP contribution in [0.3, 0.4) is 0 Å². The second kappa shape index (κ2) is 9.56. The Morgan fingerprint density at radius 2 is 1.90 bits per heavy atom. The Bertz CT molecular complexity index is 516. The van der Waals surface area contributed by atoms with Crippen molar-refractivity contribution in [3.63, 3.8) is 0 Å². The Morgan fingerprint density at radius 1 is 1.20 bits per heavy atom. The number of halogens is 3. The third-order valence-electron chi connectivity index (χ3n) is 2.52. The Kier molecular flexibility index (Phi) is 8.90. The van der Waals surface area contributed by atoms with Crippen molar-refractivity contribution in [3.05, 3.63) is 28.9 Å². The summed E-state index contributed by atoms with van der Waals surface area (Å²) in [7, 11) is 0. The van der Waals surface area contributed by atoms with Gasteiger partial charge in [0.2, 0.25) is 0 Å². The molecule has 0 amide bonds. The fourth-order valence-electron chi connectivity index (χ4n) is 1.58. The van der Waals surface area contributed by atoms with E-state index in [2.05, 4.69) is 101 Å². The maximum absolute atomic E-state index is 5.44. The van der Waals surface area contributed by atoms with E-state index in [1.165, 1.54) is 0 Å². The minimum Gasteiger partial charge on any atom is -0.337 e. The number of H-pyrrole nitrogens is 1. The lowest BCUT2D eigenvalue weighted by Crippen LogP contribution is -2.11. The molecule has 2 rings (SSSR count). The van der Waals surface area contributed by atoms with Crippen LogP contribution >= 0.6 is 67.8 Å². The molecule has 0 saturated heterocycles. The zero-order valence-electron chi connectivity index (χ0n) is 11.5. The second-order valence-corrected chi connectivity index (χ2v) is 7.16. The number of aryl methyl sites for hydroxylation is 2. The monoisotopic (exact) mass is 613 g/mol. The molecule has 20 heavy (non-hydrogen) atoms. The summed E-state index contributed by atoms with van der Waals surface area (Å²) in [5, 5.41) is 0. The molecule has 2 heterocycles. The third-order valence-corrected chi connectivity index (χ3v) is 5.63. The Labute approximate surface area is 160 Å². The van der Waals surface area contributed by atoms with Crippen molar-refractivity contribution in [2.75, 3.05) is 6.54 Å². The Morgan fingerprint density at radius 3 is 2.30 bits per heavy atom. The van der Waals surface area contributed by atoms with Crippen molar-refractivity contribution in [2.45, 2.75) is 33.2 Å². The highest BCUT2D eigenvalue weighted by Gasteiger charge is 2.02. The molecule has 0 saturated carbocycles. The number of hydrogen-bond acceptors (Lipinski definition) is 3. The van der Waals surface area contributed by atoms with Crippen molar-refractivity contribution in [1.29, 1.82) is 0 Å². The van der Waals surface area contributed by atoms with Gasteiger partial charge in [0.1, 0.15) is 22.8 Å². The molecule has 2 aromatic rings. The fraction of sp³-hybridized carbons (Fsp3) is 0.500. The van der Waals surface area contributed by atoms with Gasteiger partial charge < -0.3 is 15.3 Å². The Hall–Kier alpha value is 0.570. The molecule has 0 fully saturated rings. The summed E-state index contributed by atoms with van der Waals surface area (Å²) in [6.07, 6.45) is 3.99. The van der Waals surface area contributed by atoms with Gasteiger partial charge >= 0.3 is 0 Å². The molecule has 0 unspecified atom stereocenters. The summed E-state index contributed by atoms with van der Waals surface area (Å²) in [5.41, 5.74) is 5.44. The maximum Gasteiger partial charge on any atom is 0.133 e. The van der Waals surface area contributed by atoms with E-state index in [-0.39, 0.29) is 0 Å². The minimum atomic E-state index is 0.680. The first-order valence-electron chi connectivity index (χ1n) is 6.33. The highest BCUT2D eigenvalue weighted by molar-refractivity contribution is 14.1. The first-order valence-corrected chi connectivity index (χ1v) is 9.56. The normalized spacial score (nSPS) is 10.3. The number of aromatic amines is 1. The number of aromatic nitrogens is 4. The average Bonchev–Trinajstić information content (AvgIpc) is 2.94. The van der Waals surface area contributed by atoms with Gasteiger partial charge in [-0.3, -0.25) is 0 Å². The number of nitrogens with two attached hydrogens (primary N) is 1. The summed E-state index contributed by atoms with van der Waals surface area (Å²) in [6, 6.07) is 0. The van der Waals surface area contributed by atoms with Crippen LogP contribution in [-0.4, -0.2) is 26.1 Å². The molecule has 8 heteroatoms. The quantitative estimate of drug-likeness (QED) is 0.521. The van der Waals surface area contributed by atoms with E-state index >= 15 is 0 Å². The van der Waals surface area contributed by atoms with Crippen LogP contribution in [0.15, 0.2) is 6.20 Å². The van der Waals surface area contributed by atoms with Gasteiger partial charge in [0.25, 0.3) is 0 Å². The standard InChI is InChI=1S/C7H12IN3.C5H6I2N2/c1-2-7-10-6(8)5-11(7)4-3-9;1-2-3-8-4(6)5(7)9-3/h5H,2-4,9H2,1H3;2H2,1H3,(H,8,9). The summed E-state index contributed by atoms with van der Waals surface area (Å²) < 4.78 is 5.38. The van der Waals surface area contributed by atoms with Crippen LogP contribution in [0.1, 0.15) is 25.5 Å². The molecular weight excluding hydrogens is 595 g/mol. The van der Waals surface area contributed by atoms with Gasteiger partial charge in [-0.15, -0.1) is 0 Å². The molecule has 0 aliphatic heterocycles. The van der Waals surface area contributed by atoms with Crippen LogP contribution in [0.2, 0.25) is 0 Å². The maximum atomic E-state index is 5.44. The molecular formula is C12H18I3N5. The van der Waals surface area contributed by atoms with Crippen molar-refractivity contribution in [3.8, 4) is 0 Å². The van der Waals surface area contributed by atoms with E-state index in [4.69, 9.17) is 5.73 Å². The largest absolute Gasteiger partial charge is 0.337 e. The summed E-state index contributed by atoms with van der Waals surface area (Å²) in [5.74, 6) is 2.20. The zero-order valence-corrected chi connectivity index (χ0v) is 17.9. The van der Waals surface area contributed by atoms with E-state index in [0.717, 1.165) is 42.1 Å². The van der Waals surface area contributed by atoms with E-state index < -0.39 is 0 Å². The number of hydrogen-bond donors (Lipinski definition) is 2. The van der Waals surface area contributed by atoms with Gasteiger partial charge in [-0.1, -0.05) is 13.8 Å². The topological polar surface area (TPSA) is 72.5 Å². The van der Waals surface area contributed by atoms with Crippen LogP contribution < -0.4 is 5.73 Å². The van der Waals surface area contributed by atoms with Gasteiger partial charge in [0.05, 0.1) is 0 Å². The first kappa shape index (κ1) is 18.6. The lowest BCUT2D eigenvalue weighted by molar-refractivity contribution is 0.666. The van der Waals surface area contributed by atoms with Crippen molar-refractivity contribution >= 4 is 67.8 Å². The summed E-state index contributed by atoms with van der Waals surface area (Å²) in [4.78, 5) is 11.8. The van der Waals surface area contributed by atoms with E-state index in [9.17, 15) is 0 Å². The molecule has 3 N–H and O–H groups in total. The lowest BCUT2D eigenvalue weighted by Gasteiger charge is -2.01. The highest BCUT2D eigenvalue weighted by Crippen LogP contribution is 2.11. The predicted octanol–water partition coefficient (Wildman–Crippen LogP) is 3.19.